The first kappa shape index (κ1) is 25.2. The van der Waals surface area contributed by atoms with Crippen LogP contribution in [-0.4, -0.2) is 56.0 Å². The summed E-state index contributed by atoms with van der Waals surface area (Å²) in [6, 6.07) is 12.0. The predicted molar refractivity (Wildman–Crippen MR) is 141 cm³/mol. The van der Waals surface area contributed by atoms with Crippen LogP contribution in [0.5, 0.6) is 0 Å². The smallest absolute Gasteiger partial charge is 0.260 e. The number of aromatic nitrogens is 1. The van der Waals surface area contributed by atoms with Gasteiger partial charge < -0.3 is 4.74 Å². The highest BCUT2D eigenvalue weighted by Crippen LogP contribution is 2.32. The van der Waals surface area contributed by atoms with Crippen LogP contribution in [0.2, 0.25) is 0 Å². The molecule has 2 heterocycles. The average Bonchev–Trinajstić information content (AvgIpc) is 3.52. The Morgan fingerprint density at radius 3 is 2.49 bits per heavy atom. The quantitative estimate of drug-likeness (QED) is 0.366. The van der Waals surface area contributed by atoms with Crippen molar-refractivity contribution in [3.05, 3.63) is 78.9 Å². The molecule has 3 aromatic rings. The number of anilines is 1. The van der Waals surface area contributed by atoms with Gasteiger partial charge in [-0.05, 0) is 55.7 Å². The Morgan fingerprint density at radius 1 is 1.17 bits per heavy atom. The van der Waals surface area contributed by atoms with Crippen LogP contribution >= 0.6 is 11.3 Å². The van der Waals surface area contributed by atoms with E-state index in [0.717, 1.165) is 28.6 Å². The van der Waals surface area contributed by atoms with Crippen molar-refractivity contribution in [2.24, 2.45) is 0 Å². The second kappa shape index (κ2) is 10.8. The second-order valence-electron chi connectivity index (χ2n) is 8.39. The van der Waals surface area contributed by atoms with E-state index in [1.165, 1.54) is 39.9 Å². The number of rotatable bonds is 10. The molecule has 1 aromatic heterocycles. The molecule has 0 bridgehead atoms. The first-order valence-corrected chi connectivity index (χ1v) is 13.7. The number of hydrogen-bond donors (Lipinski definition) is 0. The van der Waals surface area contributed by atoms with E-state index < -0.39 is 10.0 Å². The number of amides is 1. The summed E-state index contributed by atoms with van der Waals surface area (Å²) in [6.07, 6.45) is 4.85. The summed E-state index contributed by atoms with van der Waals surface area (Å²) in [4.78, 5) is 20.2. The van der Waals surface area contributed by atoms with Crippen LogP contribution in [0.3, 0.4) is 0 Å². The van der Waals surface area contributed by atoms with E-state index >= 15 is 0 Å². The van der Waals surface area contributed by atoms with Gasteiger partial charge in [0.1, 0.15) is 0 Å². The van der Waals surface area contributed by atoms with E-state index in [-0.39, 0.29) is 30.0 Å². The Bertz CT molecular complexity index is 1320. The Hall–Kier alpha value is -2.85. The molecule has 0 spiro atoms. The number of carbonyl (C=O) groups is 1. The molecule has 4 rings (SSSR count). The molecule has 1 amide bonds. The molecule has 1 unspecified atom stereocenters. The number of hydrogen-bond acceptors (Lipinski definition) is 6. The number of ether oxygens (including phenoxy) is 1. The molecule has 9 heteroatoms. The molecule has 0 saturated carbocycles. The molecule has 0 N–H and O–H groups in total. The van der Waals surface area contributed by atoms with Crippen LogP contribution in [0, 0.1) is 6.92 Å². The fraction of sp³-hybridized carbons (Fsp3) is 0.308. The number of sulfonamides is 1. The van der Waals surface area contributed by atoms with E-state index in [4.69, 9.17) is 9.72 Å². The summed E-state index contributed by atoms with van der Waals surface area (Å²) in [5, 5.41) is 0.606. The Kier molecular flexibility index (Phi) is 7.81. The van der Waals surface area contributed by atoms with Crippen LogP contribution in [0.25, 0.3) is 10.2 Å². The highest BCUT2D eigenvalue weighted by molar-refractivity contribution is 7.89. The van der Waals surface area contributed by atoms with Crippen molar-refractivity contribution in [2.45, 2.75) is 30.8 Å². The maximum absolute atomic E-state index is 13.6. The predicted octanol–water partition coefficient (Wildman–Crippen LogP) is 4.79. The second-order valence-corrected chi connectivity index (χ2v) is 11.3. The third kappa shape index (κ3) is 5.38. The topological polar surface area (TPSA) is 79.8 Å². The SMILES string of the molecule is C=CCN(CC=C)S(=O)(=O)c1ccc(C(=O)N(CC2CCCO2)c2nc3c(C)cccc3s2)cc1. The summed E-state index contributed by atoms with van der Waals surface area (Å²) in [7, 11) is -3.75. The Labute approximate surface area is 210 Å². The molecule has 1 atom stereocenters. The molecule has 1 aliphatic heterocycles. The molecule has 35 heavy (non-hydrogen) atoms. The lowest BCUT2D eigenvalue weighted by Crippen LogP contribution is -2.37. The molecule has 1 fully saturated rings. The van der Waals surface area contributed by atoms with Gasteiger partial charge in [-0.3, -0.25) is 9.69 Å². The van der Waals surface area contributed by atoms with Gasteiger partial charge in [0.15, 0.2) is 5.13 Å². The monoisotopic (exact) mass is 511 g/mol. The lowest BCUT2D eigenvalue weighted by Gasteiger charge is -2.23. The van der Waals surface area contributed by atoms with Gasteiger partial charge in [-0.2, -0.15) is 4.31 Å². The molecular weight excluding hydrogens is 482 g/mol. The van der Waals surface area contributed by atoms with E-state index in [0.29, 0.717) is 23.8 Å². The number of nitrogens with zero attached hydrogens (tertiary/aromatic N) is 3. The van der Waals surface area contributed by atoms with E-state index in [9.17, 15) is 13.2 Å². The van der Waals surface area contributed by atoms with E-state index in [2.05, 4.69) is 13.2 Å². The minimum Gasteiger partial charge on any atom is -0.376 e. The number of carbonyl (C=O) groups excluding carboxylic acids is 1. The van der Waals surface area contributed by atoms with Gasteiger partial charge in [0.05, 0.1) is 27.8 Å². The molecule has 1 aliphatic rings. The van der Waals surface area contributed by atoms with Crippen LogP contribution in [0.1, 0.15) is 28.8 Å². The first-order valence-electron chi connectivity index (χ1n) is 11.5. The van der Waals surface area contributed by atoms with Gasteiger partial charge >= 0.3 is 0 Å². The zero-order chi connectivity index (χ0) is 25.0. The zero-order valence-electron chi connectivity index (χ0n) is 19.7. The Morgan fingerprint density at radius 2 is 1.89 bits per heavy atom. The number of thiazole rings is 1. The minimum absolute atomic E-state index is 0.0573. The fourth-order valence-electron chi connectivity index (χ4n) is 4.06. The van der Waals surface area contributed by atoms with Crippen LogP contribution in [-0.2, 0) is 14.8 Å². The van der Waals surface area contributed by atoms with Gasteiger partial charge in [-0.15, -0.1) is 13.2 Å². The standard InChI is InChI=1S/C26H29N3O4S2/c1-4-15-28(16-5-2)35(31,32)22-13-11-20(12-14-22)25(30)29(18-21-9-7-17-33-21)26-27-24-19(3)8-6-10-23(24)34-26/h4-6,8,10-14,21H,1-2,7,9,15-18H2,3H3. The summed E-state index contributed by atoms with van der Waals surface area (Å²) in [5.41, 5.74) is 2.31. The van der Waals surface area contributed by atoms with Gasteiger partial charge in [-0.1, -0.05) is 35.6 Å². The van der Waals surface area contributed by atoms with Gasteiger partial charge in [0.2, 0.25) is 10.0 Å². The molecule has 0 radical (unpaired) electrons. The number of benzene rings is 2. The third-order valence-corrected chi connectivity index (χ3v) is 8.79. The van der Waals surface area contributed by atoms with Crippen LogP contribution < -0.4 is 4.90 Å². The summed E-state index contributed by atoms with van der Waals surface area (Å²) < 4.78 is 34.1. The summed E-state index contributed by atoms with van der Waals surface area (Å²) in [5.74, 6) is -0.241. The summed E-state index contributed by atoms with van der Waals surface area (Å²) in [6.45, 7) is 10.7. The lowest BCUT2D eigenvalue weighted by molar-refractivity contribution is 0.0917. The van der Waals surface area contributed by atoms with Crippen LogP contribution in [0.4, 0.5) is 5.13 Å². The fourth-order valence-corrected chi connectivity index (χ4v) is 6.50. The van der Waals surface area contributed by atoms with Gasteiger partial charge in [-0.25, -0.2) is 13.4 Å². The Balaban J connectivity index is 1.65. The number of fused-ring (bicyclic) bond motifs is 1. The van der Waals surface area contributed by atoms with Crippen molar-refractivity contribution in [3.8, 4) is 0 Å². The summed E-state index contributed by atoms with van der Waals surface area (Å²) >= 11 is 1.47. The normalized spacial score (nSPS) is 16.0. The third-order valence-electron chi connectivity index (χ3n) is 5.90. The number of para-hydroxylation sites is 1. The largest absolute Gasteiger partial charge is 0.376 e. The molecular formula is C26H29N3O4S2. The maximum Gasteiger partial charge on any atom is 0.260 e. The lowest BCUT2D eigenvalue weighted by atomic mass is 10.2. The highest BCUT2D eigenvalue weighted by Gasteiger charge is 2.28. The minimum atomic E-state index is -3.75. The number of aryl methyl sites for hydroxylation is 1. The van der Waals surface area contributed by atoms with Crippen LogP contribution in [0.15, 0.2) is 72.7 Å². The zero-order valence-corrected chi connectivity index (χ0v) is 21.4. The highest BCUT2D eigenvalue weighted by atomic mass is 32.2. The van der Waals surface area contributed by atoms with Crippen molar-refractivity contribution in [3.63, 3.8) is 0 Å². The van der Waals surface area contributed by atoms with Crippen molar-refractivity contribution in [2.75, 3.05) is 31.1 Å². The van der Waals surface area contributed by atoms with Crippen molar-refractivity contribution >= 4 is 42.6 Å². The first-order chi connectivity index (χ1) is 16.8. The average molecular weight is 512 g/mol. The van der Waals surface area contributed by atoms with E-state index in [1.54, 1.807) is 17.0 Å². The maximum atomic E-state index is 13.6. The molecule has 2 aromatic carbocycles. The van der Waals surface area contributed by atoms with E-state index in [1.807, 2.05) is 25.1 Å². The van der Waals surface area contributed by atoms with Crippen molar-refractivity contribution in [1.82, 2.24) is 9.29 Å². The molecule has 1 saturated heterocycles. The van der Waals surface area contributed by atoms with Gasteiger partial charge in [0.25, 0.3) is 5.91 Å². The van der Waals surface area contributed by atoms with Gasteiger partial charge in [0, 0.05) is 25.3 Å². The molecule has 184 valence electrons. The molecule has 0 aliphatic carbocycles. The van der Waals surface area contributed by atoms with Crippen molar-refractivity contribution < 1.29 is 17.9 Å². The molecule has 7 nitrogen and oxygen atoms in total. The van der Waals surface area contributed by atoms with Crippen molar-refractivity contribution in [1.29, 1.82) is 0 Å².